The van der Waals surface area contributed by atoms with Crippen LogP contribution in [0.2, 0.25) is 0 Å². The van der Waals surface area contributed by atoms with E-state index in [2.05, 4.69) is 19.9 Å². The third-order valence-electron chi connectivity index (χ3n) is 3.33. The lowest BCUT2D eigenvalue weighted by Gasteiger charge is -2.16. The fourth-order valence-corrected chi connectivity index (χ4v) is 1.97. The van der Waals surface area contributed by atoms with Gasteiger partial charge in [-0.1, -0.05) is 45.8 Å². The molecule has 0 fully saturated rings. The molecule has 2 nitrogen and oxygen atoms in total. The van der Waals surface area contributed by atoms with Crippen LogP contribution in [0, 0.1) is 18.6 Å². The molecule has 1 aromatic carbocycles. The van der Waals surface area contributed by atoms with Crippen molar-refractivity contribution in [2.24, 2.45) is 5.92 Å². The van der Waals surface area contributed by atoms with Crippen molar-refractivity contribution in [2.45, 2.75) is 39.5 Å². The fraction of sp³-hybridized carbons (Fsp3) is 0.529. The first kappa shape index (κ1) is 15.6. The molecule has 0 aliphatic heterocycles. The summed E-state index contributed by atoms with van der Waals surface area (Å²) >= 11 is 0. The fourth-order valence-electron chi connectivity index (χ4n) is 1.97. The number of rotatable bonds is 9. The first-order valence-corrected chi connectivity index (χ1v) is 7.02. The highest BCUT2D eigenvalue weighted by atomic mass is 16.5. The van der Waals surface area contributed by atoms with Crippen LogP contribution in [-0.4, -0.2) is 13.7 Å². The summed E-state index contributed by atoms with van der Waals surface area (Å²) in [6, 6.07) is 6.71. The van der Waals surface area contributed by atoms with Crippen LogP contribution in [0.3, 0.4) is 0 Å². The molecule has 1 rings (SSSR count). The van der Waals surface area contributed by atoms with Gasteiger partial charge in [-0.3, -0.25) is 0 Å². The van der Waals surface area contributed by atoms with Gasteiger partial charge in [-0.25, -0.2) is 0 Å². The van der Waals surface area contributed by atoms with Gasteiger partial charge in [0.25, 0.3) is 0 Å². The molecular weight excluding hydrogens is 236 g/mol. The number of methoxy groups -OCH3 is 1. The lowest BCUT2D eigenvalue weighted by molar-refractivity contribution is 0.232. The minimum atomic E-state index is 0.612. The van der Waals surface area contributed by atoms with Gasteiger partial charge in [-0.2, -0.15) is 0 Å². The number of hydrogen-bond donors (Lipinski definition) is 0. The molecule has 1 aromatic rings. The predicted molar refractivity (Wildman–Crippen MR) is 79.4 cm³/mol. The van der Waals surface area contributed by atoms with E-state index >= 15 is 0 Å². The molecule has 0 spiro atoms. The molecule has 0 aliphatic carbocycles. The van der Waals surface area contributed by atoms with Crippen LogP contribution < -0.4 is 9.47 Å². The zero-order chi connectivity index (χ0) is 14.1. The number of hydrogen-bond acceptors (Lipinski definition) is 2. The van der Waals surface area contributed by atoms with Crippen LogP contribution in [0.15, 0.2) is 12.1 Å². The molecule has 2 heteroatoms. The summed E-state index contributed by atoms with van der Waals surface area (Å²) in [6.07, 6.45) is 6.38. The second-order valence-electron chi connectivity index (χ2n) is 4.72. The molecule has 0 heterocycles. The SMILES string of the molecule is [CH]=Cc1cc(OCC(CC)CCCC)[c]cc1OC. The van der Waals surface area contributed by atoms with Gasteiger partial charge < -0.3 is 9.47 Å². The first-order valence-electron chi connectivity index (χ1n) is 7.02. The quantitative estimate of drug-likeness (QED) is 0.649. The maximum absolute atomic E-state index is 5.81. The highest BCUT2D eigenvalue weighted by molar-refractivity contribution is 5.57. The summed E-state index contributed by atoms with van der Waals surface area (Å²) in [5, 5.41) is 0. The summed E-state index contributed by atoms with van der Waals surface area (Å²) in [5.74, 6) is 2.06. The van der Waals surface area contributed by atoms with Crippen LogP contribution >= 0.6 is 0 Å². The van der Waals surface area contributed by atoms with E-state index in [0.29, 0.717) is 11.7 Å². The molecule has 19 heavy (non-hydrogen) atoms. The molecule has 0 aliphatic rings. The van der Waals surface area contributed by atoms with Crippen molar-refractivity contribution < 1.29 is 9.47 Å². The van der Waals surface area contributed by atoms with Crippen molar-refractivity contribution in [1.29, 1.82) is 0 Å². The predicted octanol–water partition coefficient (Wildman–Crippen LogP) is 4.54. The number of unbranched alkanes of at least 4 members (excludes halogenated alkanes) is 1. The second-order valence-corrected chi connectivity index (χ2v) is 4.72. The van der Waals surface area contributed by atoms with Crippen molar-refractivity contribution in [1.82, 2.24) is 0 Å². The molecule has 0 bridgehead atoms. The van der Waals surface area contributed by atoms with Gasteiger partial charge in [-0.05, 0) is 24.5 Å². The zero-order valence-corrected chi connectivity index (χ0v) is 12.2. The molecule has 104 valence electrons. The van der Waals surface area contributed by atoms with Crippen molar-refractivity contribution >= 4 is 6.08 Å². The smallest absolute Gasteiger partial charge is 0.128 e. The molecule has 0 saturated carbocycles. The van der Waals surface area contributed by atoms with Gasteiger partial charge in [0.2, 0.25) is 0 Å². The summed E-state index contributed by atoms with van der Waals surface area (Å²) < 4.78 is 11.0. The Bertz CT molecular complexity index is 385. The summed E-state index contributed by atoms with van der Waals surface area (Å²) in [7, 11) is 1.62. The number of benzene rings is 1. The van der Waals surface area contributed by atoms with Crippen LogP contribution in [0.5, 0.6) is 11.5 Å². The molecule has 0 saturated heterocycles. The summed E-state index contributed by atoms with van der Waals surface area (Å²) in [4.78, 5) is 0. The highest BCUT2D eigenvalue weighted by Crippen LogP contribution is 2.25. The second kappa shape index (κ2) is 8.63. The van der Waals surface area contributed by atoms with Gasteiger partial charge >= 0.3 is 0 Å². The van der Waals surface area contributed by atoms with E-state index in [1.807, 2.05) is 6.07 Å². The van der Waals surface area contributed by atoms with Crippen molar-refractivity contribution in [3.8, 4) is 11.5 Å². The Morgan fingerprint density at radius 2 is 2.21 bits per heavy atom. The van der Waals surface area contributed by atoms with E-state index in [4.69, 9.17) is 16.1 Å². The molecule has 0 amide bonds. The molecule has 0 N–H and O–H groups in total. The lowest BCUT2D eigenvalue weighted by atomic mass is 10.0. The largest absolute Gasteiger partial charge is 0.496 e. The van der Waals surface area contributed by atoms with Gasteiger partial charge in [0, 0.05) is 11.6 Å². The highest BCUT2D eigenvalue weighted by Gasteiger charge is 2.08. The van der Waals surface area contributed by atoms with E-state index in [-0.39, 0.29) is 0 Å². The first-order chi connectivity index (χ1) is 9.24. The number of ether oxygens (including phenoxy) is 2. The maximum atomic E-state index is 5.81. The van der Waals surface area contributed by atoms with E-state index in [0.717, 1.165) is 24.3 Å². The third-order valence-corrected chi connectivity index (χ3v) is 3.33. The van der Waals surface area contributed by atoms with Crippen LogP contribution in [0.1, 0.15) is 45.1 Å². The Morgan fingerprint density at radius 3 is 2.79 bits per heavy atom. The Labute approximate surface area is 117 Å². The summed E-state index contributed by atoms with van der Waals surface area (Å²) in [6.45, 7) is 10.7. The third kappa shape index (κ3) is 4.98. The minimum Gasteiger partial charge on any atom is -0.496 e. The minimum absolute atomic E-state index is 0.612. The normalized spacial score (nSPS) is 11.9. The van der Waals surface area contributed by atoms with E-state index in [1.165, 1.54) is 25.3 Å². The van der Waals surface area contributed by atoms with Gasteiger partial charge in [0.1, 0.15) is 11.5 Å². The van der Waals surface area contributed by atoms with E-state index in [9.17, 15) is 0 Å². The Kier molecular flexibility index (Phi) is 7.09. The van der Waals surface area contributed by atoms with Crippen LogP contribution in [0.4, 0.5) is 0 Å². The van der Waals surface area contributed by atoms with Crippen molar-refractivity contribution in [3.63, 3.8) is 0 Å². The Hall–Kier alpha value is -1.44. The standard InChI is InChI=1S/C17H24O2/c1-5-8-9-14(6-2)13-19-16-10-11-17(18-4)15(7-3)12-16/h3,7,11-12,14H,5-6,8-9,13H2,1-2,4H3. The average Bonchev–Trinajstić information content (AvgIpc) is 2.47. The van der Waals surface area contributed by atoms with Crippen LogP contribution in [0.25, 0.3) is 6.08 Å². The van der Waals surface area contributed by atoms with E-state index in [1.54, 1.807) is 13.2 Å². The Morgan fingerprint density at radius 1 is 1.42 bits per heavy atom. The van der Waals surface area contributed by atoms with Gasteiger partial charge in [0.15, 0.2) is 0 Å². The van der Waals surface area contributed by atoms with Crippen LogP contribution in [-0.2, 0) is 0 Å². The average molecular weight is 260 g/mol. The van der Waals surface area contributed by atoms with Crippen molar-refractivity contribution in [3.05, 3.63) is 30.3 Å². The van der Waals surface area contributed by atoms with Crippen molar-refractivity contribution in [2.75, 3.05) is 13.7 Å². The van der Waals surface area contributed by atoms with Gasteiger partial charge in [-0.15, -0.1) is 0 Å². The summed E-state index contributed by atoms with van der Waals surface area (Å²) in [5.41, 5.74) is 0.831. The van der Waals surface area contributed by atoms with E-state index < -0.39 is 0 Å². The van der Waals surface area contributed by atoms with Gasteiger partial charge in [0.05, 0.1) is 13.7 Å². The lowest BCUT2D eigenvalue weighted by Crippen LogP contribution is -2.11. The topological polar surface area (TPSA) is 18.5 Å². The molecular formula is C17H24O2. The molecule has 1 unspecified atom stereocenters. The molecule has 1 atom stereocenters. The monoisotopic (exact) mass is 260 g/mol. The maximum Gasteiger partial charge on any atom is 0.128 e. The molecule has 2 radical (unpaired) electrons. The zero-order valence-electron chi connectivity index (χ0n) is 12.2. The Balaban J connectivity index is 2.59. The molecule has 0 aromatic heterocycles.